The highest BCUT2D eigenvalue weighted by atomic mass is 16.5. The lowest BCUT2D eigenvalue weighted by Crippen LogP contribution is -2.43. The molecule has 0 unspecified atom stereocenters. The fourth-order valence-electron chi connectivity index (χ4n) is 4.94. The molecular weight excluding hydrogens is 498 g/mol. The highest BCUT2D eigenvalue weighted by Gasteiger charge is 2.31. The number of methoxy groups -OCH3 is 1. The number of pyridine rings is 1. The molecule has 0 aromatic carbocycles. The van der Waals surface area contributed by atoms with Gasteiger partial charge in [-0.05, 0) is 46.2 Å². The van der Waals surface area contributed by atoms with Crippen molar-refractivity contribution in [3.63, 3.8) is 0 Å². The molecule has 39 heavy (non-hydrogen) atoms. The van der Waals surface area contributed by atoms with Gasteiger partial charge in [0, 0.05) is 43.6 Å². The summed E-state index contributed by atoms with van der Waals surface area (Å²) in [5.41, 5.74) is 3.65. The average molecular weight is 532 g/mol. The molecule has 5 heterocycles. The van der Waals surface area contributed by atoms with E-state index >= 15 is 0 Å². The van der Waals surface area contributed by atoms with E-state index in [1.165, 1.54) is 25.9 Å². The van der Waals surface area contributed by atoms with E-state index in [1.807, 2.05) is 13.2 Å². The molecule has 2 amide bonds. The van der Waals surface area contributed by atoms with Crippen molar-refractivity contribution in [1.82, 2.24) is 39.6 Å². The summed E-state index contributed by atoms with van der Waals surface area (Å²) in [6.07, 6.45) is 10.5. The number of hydrogen-bond acceptors (Lipinski definition) is 8. The molecule has 4 aromatic rings. The lowest BCUT2D eigenvalue weighted by atomic mass is 10.0. The molecule has 0 spiro atoms. The molecule has 0 atom stereocenters. The molecule has 1 fully saturated rings. The molecule has 0 radical (unpaired) electrons. The van der Waals surface area contributed by atoms with Crippen LogP contribution in [0.2, 0.25) is 0 Å². The van der Waals surface area contributed by atoms with Crippen LogP contribution in [-0.4, -0.2) is 78.4 Å². The average Bonchev–Trinajstić information content (AvgIpc) is 3.62. The van der Waals surface area contributed by atoms with Gasteiger partial charge in [0.1, 0.15) is 5.52 Å². The predicted octanol–water partition coefficient (Wildman–Crippen LogP) is 2.70. The highest BCUT2D eigenvalue weighted by molar-refractivity contribution is 6.10. The number of amides is 2. The van der Waals surface area contributed by atoms with Gasteiger partial charge in [-0.25, -0.2) is 9.50 Å². The Morgan fingerprint density at radius 1 is 1.13 bits per heavy atom. The first-order valence-electron chi connectivity index (χ1n) is 12.9. The zero-order chi connectivity index (χ0) is 27.7. The summed E-state index contributed by atoms with van der Waals surface area (Å²) in [7, 11) is 3.31. The van der Waals surface area contributed by atoms with Gasteiger partial charge in [-0.15, -0.1) is 0 Å². The summed E-state index contributed by atoms with van der Waals surface area (Å²) >= 11 is 0. The highest BCUT2D eigenvalue weighted by Crippen LogP contribution is 2.28. The predicted molar refractivity (Wildman–Crippen MR) is 146 cm³/mol. The maximum atomic E-state index is 13.3. The second-order valence-corrected chi connectivity index (χ2v) is 10.4. The number of fused-ring (bicyclic) bond motifs is 1. The van der Waals surface area contributed by atoms with E-state index < -0.39 is 5.91 Å². The lowest BCUT2D eigenvalue weighted by molar-refractivity contribution is 0.0938. The van der Waals surface area contributed by atoms with Gasteiger partial charge in [-0.3, -0.25) is 24.2 Å². The molecule has 0 aliphatic carbocycles. The minimum absolute atomic E-state index is 0.157. The molecule has 4 aromatic heterocycles. The Kier molecular flexibility index (Phi) is 7.04. The van der Waals surface area contributed by atoms with Gasteiger partial charge in [0.2, 0.25) is 5.88 Å². The number of nitrogens with zero attached hydrogens (tertiary/aromatic N) is 7. The number of anilines is 1. The Morgan fingerprint density at radius 2 is 1.95 bits per heavy atom. The first kappa shape index (κ1) is 26.3. The van der Waals surface area contributed by atoms with Crippen molar-refractivity contribution in [1.29, 1.82) is 0 Å². The van der Waals surface area contributed by atoms with E-state index in [9.17, 15) is 9.59 Å². The SMILES string of the molecule is COc1nc(-c2cnn(C)c2)cn2ncc(C(=O)Nc3cc(C(=O)NCCN4CCCC4(C)C)cnc3C)c12. The van der Waals surface area contributed by atoms with Crippen LogP contribution in [-0.2, 0) is 7.05 Å². The van der Waals surface area contributed by atoms with Crippen LogP contribution in [0.25, 0.3) is 16.8 Å². The topological polar surface area (TPSA) is 132 Å². The molecule has 1 aliphatic rings. The minimum Gasteiger partial charge on any atom is -0.479 e. The molecule has 204 valence electrons. The van der Waals surface area contributed by atoms with Crippen LogP contribution in [0.4, 0.5) is 5.69 Å². The molecule has 0 saturated carbocycles. The summed E-state index contributed by atoms with van der Waals surface area (Å²) in [6.45, 7) is 8.60. The number of carbonyl (C=O) groups excluding carboxylic acids is 2. The van der Waals surface area contributed by atoms with Crippen LogP contribution in [0.3, 0.4) is 0 Å². The number of aryl methyl sites for hydroxylation is 2. The summed E-state index contributed by atoms with van der Waals surface area (Å²) < 4.78 is 8.74. The number of carbonyl (C=O) groups is 2. The van der Waals surface area contributed by atoms with Crippen molar-refractivity contribution in [3.8, 4) is 17.1 Å². The smallest absolute Gasteiger partial charge is 0.259 e. The Hall–Kier alpha value is -4.32. The molecule has 0 bridgehead atoms. The van der Waals surface area contributed by atoms with Gasteiger partial charge in [-0.1, -0.05) is 0 Å². The van der Waals surface area contributed by atoms with Crippen molar-refractivity contribution in [2.45, 2.75) is 39.2 Å². The number of nitrogens with one attached hydrogen (secondary N) is 2. The molecule has 2 N–H and O–H groups in total. The summed E-state index contributed by atoms with van der Waals surface area (Å²) in [4.78, 5) is 37.5. The second kappa shape index (κ2) is 10.4. The Balaban J connectivity index is 1.32. The van der Waals surface area contributed by atoms with E-state index in [-0.39, 0.29) is 22.9 Å². The van der Waals surface area contributed by atoms with E-state index in [0.717, 1.165) is 25.1 Å². The van der Waals surface area contributed by atoms with Crippen molar-refractivity contribution in [3.05, 3.63) is 53.9 Å². The van der Waals surface area contributed by atoms with E-state index in [0.29, 0.717) is 34.7 Å². The molecule has 1 aliphatic heterocycles. The van der Waals surface area contributed by atoms with Crippen LogP contribution in [0.5, 0.6) is 5.88 Å². The summed E-state index contributed by atoms with van der Waals surface area (Å²) in [6, 6.07) is 1.64. The number of hydrogen-bond donors (Lipinski definition) is 2. The third-order valence-corrected chi connectivity index (χ3v) is 7.24. The first-order chi connectivity index (χ1) is 18.7. The number of rotatable bonds is 8. The van der Waals surface area contributed by atoms with Crippen LogP contribution >= 0.6 is 0 Å². The minimum atomic E-state index is -0.419. The van der Waals surface area contributed by atoms with Gasteiger partial charge in [0.05, 0.1) is 53.9 Å². The Morgan fingerprint density at radius 3 is 2.64 bits per heavy atom. The van der Waals surface area contributed by atoms with Gasteiger partial charge in [0.15, 0.2) is 0 Å². The van der Waals surface area contributed by atoms with E-state index in [2.05, 4.69) is 49.5 Å². The molecule has 12 heteroatoms. The Bertz CT molecular complexity index is 1540. The maximum Gasteiger partial charge on any atom is 0.259 e. The standard InChI is InChI=1S/C27H33N9O3/c1-17-21(11-18(12-29-17)24(37)28-8-10-35-9-6-7-27(35,2)3)32-25(38)20-14-31-36-16-22(19-13-30-34(4)15-19)33-26(39-5)23(20)36/h11-16H,6-10H2,1-5H3,(H,28,37)(H,32,38). The lowest BCUT2D eigenvalue weighted by Gasteiger charge is -2.31. The van der Waals surface area contributed by atoms with Gasteiger partial charge in [-0.2, -0.15) is 10.2 Å². The van der Waals surface area contributed by atoms with Crippen molar-refractivity contribution < 1.29 is 14.3 Å². The zero-order valence-electron chi connectivity index (χ0n) is 22.9. The maximum absolute atomic E-state index is 13.3. The zero-order valence-corrected chi connectivity index (χ0v) is 22.9. The monoisotopic (exact) mass is 531 g/mol. The normalized spacial score (nSPS) is 15.0. The second-order valence-electron chi connectivity index (χ2n) is 10.4. The van der Waals surface area contributed by atoms with Crippen LogP contribution in [0, 0.1) is 6.92 Å². The third-order valence-electron chi connectivity index (χ3n) is 7.24. The van der Waals surface area contributed by atoms with Gasteiger partial charge < -0.3 is 15.4 Å². The van der Waals surface area contributed by atoms with Crippen LogP contribution < -0.4 is 15.4 Å². The number of aromatic nitrogens is 6. The van der Waals surface area contributed by atoms with Crippen LogP contribution in [0.1, 0.15) is 53.1 Å². The van der Waals surface area contributed by atoms with Gasteiger partial charge >= 0.3 is 0 Å². The molecule has 1 saturated heterocycles. The van der Waals surface area contributed by atoms with Crippen molar-refractivity contribution >= 4 is 23.0 Å². The van der Waals surface area contributed by atoms with Crippen molar-refractivity contribution in [2.75, 3.05) is 32.1 Å². The molecule has 12 nitrogen and oxygen atoms in total. The third kappa shape index (κ3) is 5.32. The van der Waals surface area contributed by atoms with Crippen LogP contribution in [0.15, 0.2) is 37.1 Å². The summed E-state index contributed by atoms with van der Waals surface area (Å²) in [5.74, 6) is -0.402. The fourth-order valence-corrected chi connectivity index (χ4v) is 4.94. The quantitative estimate of drug-likeness (QED) is 0.355. The molecular formula is C27H33N9O3. The van der Waals surface area contributed by atoms with Gasteiger partial charge in [0.25, 0.3) is 11.8 Å². The number of likely N-dealkylation sites (tertiary alicyclic amines) is 1. The van der Waals surface area contributed by atoms with Crippen molar-refractivity contribution in [2.24, 2.45) is 7.05 Å². The first-order valence-corrected chi connectivity index (χ1v) is 12.9. The number of ether oxygens (including phenoxy) is 1. The van der Waals surface area contributed by atoms with E-state index in [4.69, 9.17) is 4.74 Å². The molecule has 5 rings (SSSR count). The Labute approximate surface area is 226 Å². The fraction of sp³-hybridized carbons (Fsp3) is 0.407. The largest absolute Gasteiger partial charge is 0.479 e. The summed E-state index contributed by atoms with van der Waals surface area (Å²) in [5, 5.41) is 14.4. The van der Waals surface area contributed by atoms with E-state index in [1.54, 1.807) is 34.6 Å².